The van der Waals surface area contributed by atoms with Crippen LogP contribution in [0.1, 0.15) is 52.4 Å². The highest BCUT2D eigenvalue weighted by Crippen LogP contribution is 2.33. The van der Waals surface area contributed by atoms with Crippen LogP contribution < -0.4 is 10.6 Å². The fraction of sp³-hybridized carbons (Fsp3) is 0.636. The van der Waals surface area contributed by atoms with Crippen molar-refractivity contribution in [1.82, 2.24) is 20.8 Å². The van der Waals surface area contributed by atoms with E-state index in [4.69, 9.17) is 19.9 Å². The number of carbonyl (C=O) groups excluding carboxylic acids is 4. The number of hydroxylamine groups is 4. The van der Waals surface area contributed by atoms with Crippen molar-refractivity contribution in [3.63, 3.8) is 0 Å². The number of rotatable bonds is 6. The van der Waals surface area contributed by atoms with Crippen LogP contribution in [0, 0.1) is 0 Å². The third kappa shape index (κ3) is 5.46. The summed E-state index contributed by atoms with van der Waals surface area (Å²) in [6.45, 7) is 3.65. The summed E-state index contributed by atoms with van der Waals surface area (Å²) >= 11 is 0. The van der Waals surface area contributed by atoms with Crippen molar-refractivity contribution >= 4 is 23.6 Å². The molecule has 0 bridgehead atoms. The molecule has 2 atom stereocenters. The second-order valence-corrected chi connectivity index (χ2v) is 8.76. The monoisotopic (exact) mass is 480 g/mol. The molecule has 0 aromatic rings. The van der Waals surface area contributed by atoms with Crippen molar-refractivity contribution in [2.75, 3.05) is 26.3 Å². The summed E-state index contributed by atoms with van der Waals surface area (Å²) < 4.78 is 0. The summed E-state index contributed by atoms with van der Waals surface area (Å²) in [5, 5.41) is 25.3. The van der Waals surface area contributed by atoms with Crippen LogP contribution in [-0.4, -0.2) is 81.7 Å². The normalized spacial score (nSPS) is 28.2. The Labute approximate surface area is 197 Å². The first-order valence-corrected chi connectivity index (χ1v) is 11.4. The number of aliphatic hydroxyl groups excluding tert-OH is 2. The van der Waals surface area contributed by atoms with Crippen molar-refractivity contribution in [2.24, 2.45) is 0 Å². The number of hydrogen-bond acceptors (Lipinski definition) is 8. The Hall–Kier alpha value is -2.80. The SMILES string of the molecule is CC(=CC(=O)N1CCCC2(NC(=O)C3(CCCN(C(=O)C=C(C)CCO)O3)NC2=O)O1)CCO. The average Bonchev–Trinajstić information content (AvgIpc) is 2.78. The maximum absolute atomic E-state index is 13.2. The van der Waals surface area contributed by atoms with E-state index in [2.05, 4.69) is 10.6 Å². The molecule has 0 aromatic heterocycles. The first-order valence-electron chi connectivity index (χ1n) is 11.4. The summed E-state index contributed by atoms with van der Waals surface area (Å²) in [6, 6.07) is 0. The van der Waals surface area contributed by atoms with E-state index in [9.17, 15) is 19.2 Å². The summed E-state index contributed by atoms with van der Waals surface area (Å²) in [4.78, 5) is 62.8. The maximum atomic E-state index is 13.2. The van der Waals surface area contributed by atoms with Crippen LogP contribution in [0.25, 0.3) is 0 Å². The van der Waals surface area contributed by atoms with Gasteiger partial charge in [0.2, 0.25) is 11.4 Å². The van der Waals surface area contributed by atoms with Crippen molar-refractivity contribution in [3.05, 3.63) is 23.3 Å². The molecule has 3 saturated heterocycles. The Kier molecular flexibility index (Phi) is 8.08. The predicted octanol–water partition coefficient (Wildman–Crippen LogP) is -0.610. The van der Waals surface area contributed by atoms with Gasteiger partial charge < -0.3 is 20.8 Å². The van der Waals surface area contributed by atoms with Gasteiger partial charge in [-0.15, -0.1) is 0 Å². The van der Waals surface area contributed by atoms with Gasteiger partial charge in [-0.25, -0.2) is 19.8 Å². The third-order valence-electron chi connectivity index (χ3n) is 5.92. The van der Waals surface area contributed by atoms with E-state index >= 15 is 0 Å². The Morgan fingerprint density at radius 3 is 1.59 bits per heavy atom. The van der Waals surface area contributed by atoms with Crippen LogP contribution in [0.4, 0.5) is 0 Å². The molecule has 0 aliphatic carbocycles. The summed E-state index contributed by atoms with van der Waals surface area (Å²) in [6.07, 6.45) is 4.39. The largest absolute Gasteiger partial charge is 0.396 e. The van der Waals surface area contributed by atoms with Crippen molar-refractivity contribution < 1.29 is 39.1 Å². The van der Waals surface area contributed by atoms with E-state index in [-0.39, 0.29) is 39.1 Å². The molecule has 0 aromatic carbocycles. The Morgan fingerprint density at radius 1 is 0.853 bits per heavy atom. The molecule has 0 radical (unpaired) electrons. The molecular formula is C22H32N4O8. The second kappa shape index (κ2) is 10.6. The first-order chi connectivity index (χ1) is 16.1. The Bertz CT molecular complexity index is 831. The molecule has 3 heterocycles. The lowest BCUT2D eigenvalue weighted by Crippen LogP contribution is -2.79. The molecule has 4 amide bonds. The zero-order valence-electron chi connectivity index (χ0n) is 19.5. The topological polar surface area (TPSA) is 158 Å². The van der Waals surface area contributed by atoms with Gasteiger partial charge in [0.15, 0.2) is 0 Å². The highest BCUT2D eigenvalue weighted by molar-refractivity contribution is 6.01. The Balaban J connectivity index is 1.73. The number of nitrogens with zero attached hydrogens (tertiary/aromatic N) is 2. The van der Waals surface area contributed by atoms with E-state index in [1.54, 1.807) is 13.8 Å². The van der Waals surface area contributed by atoms with Crippen LogP contribution in [0.15, 0.2) is 23.3 Å². The molecule has 12 nitrogen and oxygen atoms in total. The lowest BCUT2D eigenvalue weighted by atomic mass is 9.95. The third-order valence-corrected chi connectivity index (χ3v) is 5.92. The number of amides is 4. The van der Waals surface area contributed by atoms with E-state index < -0.39 is 35.1 Å². The second-order valence-electron chi connectivity index (χ2n) is 8.76. The quantitative estimate of drug-likeness (QED) is 0.367. The van der Waals surface area contributed by atoms with Gasteiger partial charge in [-0.1, -0.05) is 11.1 Å². The molecule has 2 spiro atoms. The van der Waals surface area contributed by atoms with Crippen molar-refractivity contribution in [3.8, 4) is 0 Å². The molecule has 2 unspecified atom stereocenters. The van der Waals surface area contributed by atoms with Crippen LogP contribution in [0.5, 0.6) is 0 Å². The van der Waals surface area contributed by atoms with Crippen LogP contribution >= 0.6 is 0 Å². The van der Waals surface area contributed by atoms with Gasteiger partial charge in [-0.05, 0) is 39.5 Å². The molecule has 34 heavy (non-hydrogen) atoms. The predicted molar refractivity (Wildman–Crippen MR) is 117 cm³/mol. The standard InChI is InChI=1S/C22H32N4O8/c1-15(5-11-27)13-17(29)25-9-3-7-21(33-25)19(31)24-22(20(32)23-21)8-4-10-26(34-22)18(30)14-16(2)6-12-28/h13-14,27-28H,3-12H2,1-2H3,(H,23,32)(H,24,31). The fourth-order valence-electron chi connectivity index (χ4n) is 4.04. The maximum Gasteiger partial charge on any atom is 0.278 e. The number of nitrogens with one attached hydrogen (secondary N) is 2. The molecule has 4 N–H and O–H groups in total. The molecule has 3 rings (SSSR count). The lowest BCUT2D eigenvalue weighted by molar-refractivity contribution is -0.290. The summed E-state index contributed by atoms with van der Waals surface area (Å²) in [5.74, 6) is -2.35. The molecule has 3 aliphatic heterocycles. The average molecular weight is 481 g/mol. The van der Waals surface area contributed by atoms with E-state index in [0.717, 1.165) is 10.1 Å². The van der Waals surface area contributed by atoms with Gasteiger partial charge in [-0.2, -0.15) is 0 Å². The molecule has 3 fully saturated rings. The van der Waals surface area contributed by atoms with Crippen LogP contribution in [0.3, 0.4) is 0 Å². The number of aliphatic hydroxyl groups is 2. The molecule has 0 saturated carbocycles. The minimum atomic E-state index is -1.78. The highest BCUT2D eigenvalue weighted by Gasteiger charge is 2.59. The van der Waals surface area contributed by atoms with Gasteiger partial charge in [0.1, 0.15) is 0 Å². The summed E-state index contributed by atoms with van der Waals surface area (Å²) in [7, 11) is 0. The fourth-order valence-corrected chi connectivity index (χ4v) is 4.04. The first kappa shape index (κ1) is 25.8. The van der Waals surface area contributed by atoms with Crippen LogP contribution in [0.2, 0.25) is 0 Å². The minimum Gasteiger partial charge on any atom is -0.396 e. The van der Waals surface area contributed by atoms with E-state index in [1.807, 2.05) is 0 Å². The molecule has 188 valence electrons. The number of carbonyl (C=O) groups is 4. The van der Waals surface area contributed by atoms with Crippen molar-refractivity contribution in [2.45, 2.75) is 63.8 Å². The van der Waals surface area contributed by atoms with Gasteiger partial charge in [-0.3, -0.25) is 19.2 Å². The zero-order chi connectivity index (χ0) is 24.9. The Morgan fingerprint density at radius 2 is 1.24 bits per heavy atom. The van der Waals surface area contributed by atoms with E-state index in [1.165, 1.54) is 12.2 Å². The highest BCUT2D eigenvalue weighted by atomic mass is 16.7. The van der Waals surface area contributed by atoms with Gasteiger partial charge >= 0.3 is 0 Å². The smallest absolute Gasteiger partial charge is 0.278 e. The lowest BCUT2D eigenvalue weighted by Gasteiger charge is -2.49. The van der Waals surface area contributed by atoms with Crippen molar-refractivity contribution in [1.29, 1.82) is 0 Å². The van der Waals surface area contributed by atoms with Gasteiger partial charge in [0.25, 0.3) is 23.6 Å². The molecule has 12 heteroatoms. The number of hydrogen-bond donors (Lipinski definition) is 4. The van der Waals surface area contributed by atoms with Gasteiger partial charge in [0, 0.05) is 51.3 Å². The van der Waals surface area contributed by atoms with Gasteiger partial charge in [0.05, 0.1) is 0 Å². The minimum absolute atomic E-state index is 0.0999. The molecular weight excluding hydrogens is 448 g/mol. The number of piperazine rings is 1. The van der Waals surface area contributed by atoms with Crippen LogP contribution in [-0.2, 0) is 28.9 Å². The summed E-state index contributed by atoms with van der Waals surface area (Å²) in [5.41, 5.74) is -2.25. The molecule has 3 aliphatic rings. The van der Waals surface area contributed by atoms with E-state index in [0.29, 0.717) is 36.8 Å². The zero-order valence-corrected chi connectivity index (χ0v) is 19.5.